The van der Waals surface area contributed by atoms with Gasteiger partial charge in [-0.1, -0.05) is 36.4 Å². The molecule has 0 spiro atoms. The van der Waals surface area contributed by atoms with Crippen LogP contribution < -0.4 is 9.47 Å². The Kier molecular flexibility index (Phi) is 6.25. The number of benzene rings is 2. The van der Waals surface area contributed by atoms with E-state index in [9.17, 15) is 4.79 Å². The topological polar surface area (TPSA) is 54.9 Å². The van der Waals surface area contributed by atoms with Crippen LogP contribution in [-0.2, 0) is 4.79 Å². The number of ether oxygens (including phenoxy) is 2. The van der Waals surface area contributed by atoms with Crippen molar-refractivity contribution in [3.8, 4) is 17.4 Å². The minimum Gasteiger partial charge on any atom is -0.484 e. The summed E-state index contributed by atoms with van der Waals surface area (Å²) in [5, 5.41) is 0. The monoisotopic (exact) mass is 403 g/mol. The fraction of sp³-hybridized carbons (Fsp3) is 0.250. The Hall–Kier alpha value is -3.38. The van der Waals surface area contributed by atoms with E-state index in [-0.39, 0.29) is 18.6 Å². The quantitative estimate of drug-likeness (QED) is 0.627. The molecule has 0 N–H and O–H groups in total. The first-order valence-corrected chi connectivity index (χ1v) is 10.0. The third kappa shape index (κ3) is 4.96. The lowest BCUT2D eigenvalue weighted by Crippen LogP contribution is -2.50. The van der Waals surface area contributed by atoms with Gasteiger partial charge in [0.25, 0.3) is 5.91 Å². The summed E-state index contributed by atoms with van der Waals surface area (Å²) in [7, 11) is 2.09. The summed E-state index contributed by atoms with van der Waals surface area (Å²) >= 11 is 0. The summed E-state index contributed by atoms with van der Waals surface area (Å²) in [6.07, 6.45) is 1.68. The van der Waals surface area contributed by atoms with Gasteiger partial charge in [-0.25, -0.2) is 4.98 Å². The number of amides is 1. The van der Waals surface area contributed by atoms with Crippen LogP contribution in [0.5, 0.6) is 17.4 Å². The van der Waals surface area contributed by atoms with Crippen LogP contribution in [0.15, 0.2) is 79.0 Å². The minimum absolute atomic E-state index is 0.00743. The molecule has 3 aromatic rings. The first-order valence-electron chi connectivity index (χ1n) is 10.0. The van der Waals surface area contributed by atoms with Crippen molar-refractivity contribution < 1.29 is 14.3 Å². The fourth-order valence-corrected chi connectivity index (χ4v) is 3.54. The van der Waals surface area contributed by atoms with Gasteiger partial charge in [0.15, 0.2) is 6.61 Å². The van der Waals surface area contributed by atoms with Gasteiger partial charge in [0.05, 0.1) is 6.04 Å². The van der Waals surface area contributed by atoms with Gasteiger partial charge >= 0.3 is 0 Å². The Balaban J connectivity index is 1.36. The van der Waals surface area contributed by atoms with Crippen molar-refractivity contribution in [1.82, 2.24) is 14.8 Å². The zero-order valence-corrected chi connectivity index (χ0v) is 17.0. The van der Waals surface area contributed by atoms with Gasteiger partial charge in [-0.2, -0.15) is 0 Å². The van der Waals surface area contributed by atoms with Gasteiger partial charge < -0.3 is 19.3 Å². The number of nitrogens with zero attached hydrogens (tertiary/aromatic N) is 3. The number of rotatable bonds is 6. The van der Waals surface area contributed by atoms with E-state index >= 15 is 0 Å². The molecule has 1 atom stereocenters. The molecule has 1 saturated heterocycles. The Labute approximate surface area is 176 Å². The van der Waals surface area contributed by atoms with E-state index in [4.69, 9.17) is 9.47 Å². The lowest BCUT2D eigenvalue weighted by Gasteiger charge is -2.40. The highest BCUT2D eigenvalue weighted by Gasteiger charge is 2.30. The molecule has 1 amide bonds. The number of pyridine rings is 1. The lowest BCUT2D eigenvalue weighted by molar-refractivity contribution is -0.138. The largest absolute Gasteiger partial charge is 0.484 e. The van der Waals surface area contributed by atoms with Crippen molar-refractivity contribution in [2.45, 2.75) is 6.04 Å². The second-order valence-corrected chi connectivity index (χ2v) is 7.31. The van der Waals surface area contributed by atoms with E-state index in [0.29, 0.717) is 23.9 Å². The molecule has 1 aliphatic heterocycles. The molecule has 1 aromatic heterocycles. The number of carbonyl (C=O) groups is 1. The van der Waals surface area contributed by atoms with Crippen LogP contribution >= 0.6 is 0 Å². The summed E-state index contributed by atoms with van der Waals surface area (Å²) in [5.74, 6) is 1.81. The third-order valence-corrected chi connectivity index (χ3v) is 5.13. The number of likely N-dealkylation sites (N-methyl/N-ethyl adjacent to an activating group) is 1. The fourth-order valence-electron chi connectivity index (χ4n) is 3.54. The van der Waals surface area contributed by atoms with Crippen molar-refractivity contribution in [2.24, 2.45) is 0 Å². The molecule has 0 bridgehead atoms. The molecule has 1 fully saturated rings. The zero-order chi connectivity index (χ0) is 20.8. The maximum absolute atomic E-state index is 12.9. The van der Waals surface area contributed by atoms with Crippen LogP contribution in [0.3, 0.4) is 0 Å². The predicted molar refractivity (Wildman–Crippen MR) is 115 cm³/mol. The SMILES string of the molecule is CN1CCN(C(=O)COc2ccc(Oc3ccccn3)cc2)[C@@H](c2ccccc2)C1. The highest BCUT2D eigenvalue weighted by molar-refractivity contribution is 5.78. The summed E-state index contributed by atoms with van der Waals surface area (Å²) in [4.78, 5) is 21.2. The van der Waals surface area contributed by atoms with Crippen LogP contribution in [0, 0.1) is 0 Å². The molecular weight excluding hydrogens is 378 g/mol. The molecule has 0 radical (unpaired) electrons. The molecule has 30 heavy (non-hydrogen) atoms. The van der Waals surface area contributed by atoms with E-state index in [1.165, 1.54) is 0 Å². The molecule has 0 saturated carbocycles. The van der Waals surface area contributed by atoms with E-state index in [1.807, 2.05) is 35.2 Å². The average Bonchev–Trinajstić information content (AvgIpc) is 2.79. The lowest BCUT2D eigenvalue weighted by atomic mass is 10.0. The van der Waals surface area contributed by atoms with Crippen molar-refractivity contribution in [3.63, 3.8) is 0 Å². The molecule has 2 aromatic carbocycles. The highest BCUT2D eigenvalue weighted by atomic mass is 16.5. The van der Waals surface area contributed by atoms with E-state index in [1.54, 1.807) is 36.5 Å². The molecular formula is C24H25N3O3. The first-order chi connectivity index (χ1) is 14.7. The number of aromatic nitrogens is 1. The Morgan fingerprint density at radius 2 is 1.70 bits per heavy atom. The smallest absolute Gasteiger partial charge is 0.261 e. The normalized spacial score (nSPS) is 16.8. The zero-order valence-electron chi connectivity index (χ0n) is 17.0. The van der Waals surface area contributed by atoms with Crippen LogP contribution in [0.4, 0.5) is 0 Å². The van der Waals surface area contributed by atoms with Gasteiger partial charge in [-0.05, 0) is 42.9 Å². The maximum Gasteiger partial charge on any atom is 0.261 e. The summed E-state index contributed by atoms with van der Waals surface area (Å²) in [5.41, 5.74) is 1.15. The number of hydrogen-bond acceptors (Lipinski definition) is 5. The van der Waals surface area contributed by atoms with Crippen LogP contribution in [0.25, 0.3) is 0 Å². The van der Waals surface area contributed by atoms with Crippen LogP contribution in [0.2, 0.25) is 0 Å². The first kappa shape index (κ1) is 19.9. The van der Waals surface area contributed by atoms with Crippen molar-refractivity contribution in [2.75, 3.05) is 33.3 Å². The molecule has 154 valence electrons. The third-order valence-electron chi connectivity index (χ3n) is 5.13. The second kappa shape index (κ2) is 9.41. The van der Waals surface area contributed by atoms with Crippen LogP contribution in [0.1, 0.15) is 11.6 Å². The minimum atomic E-state index is -0.00855. The van der Waals surface area contributed by atoms with Gasteiger partial charge in [-0.15, -0.1) is 0 Å². The molecule has 0 aliphatic carbocycles. The summed E-state index contributed by atoms with van der Waals surface area (Å²) < 4.78 is 11.4. The van der Waals surface area contributed by atoms with E-state index in [2.05, 4.69) is 29.1 Å². The Morgan fingerprint density at radius 3 is 2.43 bits per heavy atom. The number of piperazine rings is 1. The second-order valence-electron chi connectivity index (χ2n) is 7.31. The van der Waals surface area contributed by atoms with Gasteiger partial charge in [0, 0.05) is 31.9 Å². The maximum atomic E-state index is 12.9. The summed E-state index contributed by atoms with van der Waals surface area (Å²) in [6, 6.07) is 22.9. The molecule has 2 heterocycles. The number of hydrogen-bond donors (Lipinski definition) is 0. The Bertz CT molecular complexity index is 948. The van der Waals surface area contributed by atoms with E-state index < -0.39 is 0 Å². The average molecular weight is 403 g/mol. The Morgan fingerprint density at radius 1 is 0.967 bits per heavy atom. The molecule has 6 heteroatoms. The molecule has 4 rings (SSSR count). The van der Waals surface area contributed by atoms with E-state index in [0.717, 1.165) is 18.7 Å². The molecule has 6 nitrogen and oxygen atoms in total. The van der Waals surface area contributed by atoms with Crippen molar-refractivity contribution in [3.05, 3.63) is 84.6 Å². The molecule has 0 unspecified atom stereocenters. The van der Waals surface area contributed by atoms with Gasteiger partial charge in [0.1, 0.15) is 11.5 Å². The standard InChI is InChI=1S/C24H25N3O3/c1-26-15-16-27(22(17-26)19-7-3-2-4-8-19)24(28)18-29-20-10-12-21(13-11-20)30-23-9-5-6-14-25-23/h2-14,22H,15-18H2,1H3/t22-/m1/s1. The van der Waals surface area contributed by atoms with Crippen molar-refractivity contribution >= 4 is 5.91 Å². The summed E-state index contributed by atoms with van der Waals surface area (Å²) in [6.45, 7) is 2.37. The van der Waals surface area contributed by atoms with Crippen molar-refractivity contribution in [1.29, 1.82) is 0 Å². The van der Waals surface area contributed by atoms with Crippen LogP contribution in [-0.4, -0.2) is 54.0 Å². The highest BCUT2D eigenvalue weighted by Crippen LogP contribution is 2.26. The van der Waals surface area contributed by atoms with Gasteiger partial charge in [0.2, 0.25) is 5.88 Å². The number of carbonyl (C=O) groups excluding carboxylic acids is 1. The molecule has 1 aliphatic rings. The predicted octanol–water partition coefficient (Wildman–Crippen LogP) is 3.77. The van der Waals surface area contributed by atoms with Gasteiger partial charge in [-0.3, -0.25) is 4.79 Å².